The largest absolute Gasteiger partial charge is 0.497 e. The van der Waals surface area contributed by atoms with Gasteiger partial charge in [-0.05, 0) is 53.4 Å². The molecular formula is C22H22N2O5S2. The van der Waals surface area contributed by atoms with Crippen LogP contribution in [0.2, 0.25) is 0 Å². The second kappa shape index (κ2) is 10.2. The Balaban J connectivity index is 1.50. The third kappa shape index (κ3) is 6.40. The number of thiophene rings is 1. The number of ether oxygens (including phenoxy) is 1. The van der Waals surface area contributed by atoms with E-state index in [4.69, 9.17) is 4.74 Å². The summed E-state index contributed by atoms with van der Waals surface area (Å²) >= 11 is 1.13. The van der Waals surface area contributed by atoms with E-state index >= 15 is 0 Å². The molecule has 0 radical (unpaired) electrons. The van der Waals surface area contributed by atoms with E-state index in [9.17, 15) is 18.0 Å². The summed E-state index contributed by atoms with van der Waals surface area (Å²) in [6.07, 6.45) is -0.150. The van der Waals surface area contributed by atoms with Crippen LogP contribution in [-0.2, 0) is 21.2 Å². The van der Waals surface area contributed by atoms with Gasteiger partial charge < -0.3 is 15.4 Å². The highest BCUT2D eigenvalue weighted by molar-refractivity contribution is 7.93. The highest BCUT2D eigenvalue weighted by Crippen LogP contribution is 2.18. The van der Waals surface area contributed by atoms with Gasteiger partial charge in [0.05, 0.1) is 12.9 Å². The lowest BCUT2D eigenvalue weighted by atomic mass is 10.1. The third-order valence-electron chi connectivity index (χ3n) is 4.42. The van der Waals surface area contributed by atoms with E-state index in [0.29, 0.717) is 17.8 Å². The molecule has 3 rings (SSSR count). The fraction of sp³-hybridized carbons (Fsp3) is 0.182. The number of rotatable bonds is 9. The molecule has 0 saturated heterocycles. The molecule has 0 unspecified atom stereocenters. The van der Waals surface area contributed by atoms with Gasteiger partial charge in [0.15, 0.2) is 9.84 Å². The van der Waals surface area contributed by atoms with Crippen molar-refractivity contribution in [2.24, 2.45) is 0 Å². The average Bonchev–Trinajstić information content (AvgIpc) is 3.33. The summed E-state index contributed by atoms with van der Waals surface area (Å²) in [5.74, 6) is -0.197. The van der Waals surface area contributed by atoms with Crippen molar-refractivity contribution in [1.82, 2.24) is 5.32 Å². The molecule has 0 aliphatic heterocycles. The smallest absolute Gasteiger partial charge is 0.251 e. The van der Waals surface area contributed by atoms with Crippen LogP contribution in [-0.4, -0.2) is 33.1 Å². The molecule has 2 aromatic carbocycles. The van der Waals surface area contributed by atoms with Crippen molar-refractivity contribution in [3.8, 4) is 5.75 Å². The van der Waals surface area contributed by atoms with Gasteiger partial charge in [-0.3, -0.25) is 9.59 Å². The normalized spacial score (nSPS) is 11.0. The summed E-state index contributed by atoms with van der Waals surface area (Å²) in [5.41, 5.74) is 1.85. The number of hydrogen-bond acceptors (Lipinski definition) is 6. The Bertz CT molecular complexity index is 1140. The highest BCUT2D eigenvalue weighted by atomic mass is 32.2. The Morgan fingerprint density at radius 2 is 1.81 bits per heavy atom. The van der Waals surface area contributed by atoms with E-state index < -0.39 is 15.7 Å². The van der Waals surface area contributed by atoms with E-state index in [1.54, 1.807) is 42.8 Å². The van der Waals surface area contributed by atoms with Crippen LogP contribution in [0, 0.1) is 0 Å². The highest BCUT2D eigenvalue weighted by Gasteiger charge is 2.17. The number of hydrogen-bond donors (Lipinski definition) is 2. The summed E-state index contributed by atoms with van der Waals surface area (Å²) in [7, 11) is -1.88. The van der Waals surface area contributed by atoms with Crippen molar-refractivity contribution in [1.29, 1.82) is 0 Å². The van der Waals surface area contributed by atoms with Gasteiger partial charge in [0.2, 0.25) is 5.91 Å². The van der Waals surface area contributed by atoms with E-state index in [0.717, 1.165) is 22.6 Å². The van der Waals surface area contributed by atoms with Gasteiger partial charge in [0.25, 0.3) is 5.91 Å². The van der Waals surface area contributed by atoms with Gasteiger partial charge in [-0.1, -0.05) is 18.2 Å². The monoisotopic (exact) mass is 458 g/mol. The minimum Gasteiger partial charge on any atom is -0.497 e. The van der Waals surface area contributed by atoms with Gasteiger partial charge in [-0.15, -0.1) is 11.3 Å². The summed E-state index contributed by atoms with van der Waals surface area (Å²) in [4.78, 5) is 24.4. The van der Waals surface area contributed by atoms with Gasteiger partial charge in [0, 0.05) is 24.2 Å². The number of benzene rings is 2. The summed E-state index contributed by atoms with van der Waals surface area (Å²) in [5, 5.41) is 7.16. The van der Waals surface area contributed by atoms with Crippen molar-refractivity contribution in [3.63, 3.8) is 0 Å². The summed E-state index contributed by atoms with van der Waals surface area (Å²) in [6.45, 7) is 0.354. The Hall–Kier alpha value is -3.17. The molecule has 31 heavy (non-hydrogen) atoms. The van der Waals surface area contributed by atoms with Crippen molar-refractivity contribution in [2.45, 2.75) is 17.2 Å². The Kier molecular flexibility index (Phi) is 7.43. The van der Waals surface area contributed by atoms with E-state index in [2.05, 4.69) is 10.6 Å². The molecule has 0 spiro atoms. The molecule has 0 atom stereocenters. The molecule has 0 aliphatic carbocycles. The fourth-order valence-corrected chi connectivity index (χ4v) is 5.16. The number of methoxy groups -OCH3 is 1. The van der Waals surface area contributed by atoms with Crippen molar-refractivity contribution in [3.05, 3.63) is 77.2 Å². The lowest BCUT2D eigenvalue weighted by Gasteiger charge is -2.09. The molecule has 1 aromatic heterocycles. The second-order valence-electron chi connectivity index (χ2n) is 6.66. The predicted octanol–water partition coefficient (Wildman–Crippen LogP) is 3.49. The van der Waals surface area contributed by atoms with Crippen LogP contribution in [0.1, 0.15) is 22.3 Å². The number of amides is 2. The molecule has 162 valence electrons. The van der Waals surface area contributed by atoms with Crippen molar-refractivity contribution in [2.75, 3.05) is 18.2 Å². The number of carbonyl (C=O) groups excluding carboxylic acids is 2. The maximum atomic E-state index is 12.3. The standard InChI is InChI=1S/C22H22N2O5S2/c1-29-19-5-2-4-16(14-19)15-23-22(26)17-7-9-18(10-8-17)24-20(25)11-13-31(27,28)21-6-3-12-30-21/h2-10,12,14H,11,13,15H2,1H3,(H,23,26)(H,24,25). The van der Waals surface area contributed by atoms with E-state index in [-0.39, 0.29) is 22.3 Å². The van der Waals surface area contributed by atoms with Crippen LogP contribution in [0.5, 0.6) is 5.75 Å². The Morgan fingerprint density at radius 3 is 2.48 bits per heavy atom. The molecule has 7 nitrogen and oxygen atoms in total. The van der Waals surface area contributed by atoms with Crippen LogP contribution in [0.25, 0.3) is 0 Å². The van der Waals surface area contributed by atoms with E-state index in [1.807, 2.05) is 24.3 Å². The maximum Gasteiger partial charge on any atom is 0.251 e. The maximum absolute atomic E-state index is 12.3. The lowest BCUT2D eigenvalue weighted by molar-refractivity contribution is -0.115. The molecule has 2 amide bonds. The first kappa shape index (κ1) is 22.5. The van der Waals surface area contributed by atoms with Crippen LogP contribution in [0.3, 0.4) is 0 Å². The number of nitrogens with one attached hydrogen (secondary N) is 2. The minimum absolute atomic E-state index is 0.150. The first-order valence-corrected chi connectivity index (χ1v) is 12.0. The van der Waals surface area contributed by atoms with Crippen LogP contribution >= 0.6 is 11.3 Å². The van der Waals surface area contributed by atoms with Crippen LogP contribution in [0.4, 0.5) is 5.69 Å². The first-order valence-electron chi connectivity index (χ1n) is 9.45. The van der Waals surface area contributed by atoms with Gasteiger partial charge in [-0.25, -0.2) is 8.42 Å². The molecule has 0 bridgehead atoms. The molecule has 2 N–H and O–H groups in total. The molecule has 3 aromatic rings. The van der Waals surface area contributed by atoms with Gasteiger partial charge in [-0.2, -0.15) is 0 Å². The number of anilines is 1. The molecule has 0 aliphatic rings. The molecule has 9 heteroatoms. The third-order valence-corrected chi connectivity index (χ3v) is 7.62. The minimum atomic E-state index is -3.46. The van der Waals surface area contributed by atoms with Gasteiger partial charge in [0.1, 0.15) is 9.96 Å². The summed E-state index contributed by atoms with van der Waals surface area (Å²) < 4.78 is 29.7. The van der Waals surface area contributed by atoms with Crippen LogP contribution < -0.4 is 15.4 Å². The Morgan fingerprint density at radius 1 is 1.03 bits per heavy atom. The lowest BCUT2D eigenvalue weighted by Crippen LogP contribution is -2.22. The molecular weight excluding hydrogens is 436 g/mol. The van der Waals surface area contributed by atoms with Gasteiger partial charge >= 0.3 is 0 Å². The quantitative estimate of drug-likeness (QED) is 0.511. The fourth-order valence-electron chi connectivity index (χ4n) is 2.76. The first-order chi connectivity index (χ1) is 14.9. The predicted molar refractivity (Wildman–Crippen MR) is 120 cm³/mol. The number of sulfone groups is 1. The van der Waals surface area contributed by atoms with Crippen molar-refractivity contribution >= 4 is 38.7 Å². The zero-order valence-electron chi connectivity index (χ0n) is 16.8. The Labute approximate surface area is 185 Å². The van der Waals surface area contributed by atoms with Crippen LogP contribution in [0.15, 0.2) is 70.3 Å². The number of carbonyl (C=O) groups is 2. The molecule has 1 heterocycles. The second-order valence-corrected chi connectivity index (χ2v) is 9.94. The van der Waals surface area contributed by atoms with Crippen molar-refractivity contribution < 1.29 is 22.7 Å². The SMILES string of the molecule is COc1cccc(CNC(=O)c2ccc(NC(=O)CCS(=O)(=O)c3cccs3)cc2)c1. The average molecular weight is 459 g/mol. The zero-order chi connectivity index (χ0) is 22.3. The molecule has 0 fully saturated rings. The topological polar surface area (TPSA) is 102 Å². The van der Waals surface area contributed by atoms with E-state index in [1.165, 1.54) is 6.07 Å². The summed E-state index contributed by atoms with van der Waals surface area (Å²) in [6, 6.07) is 17.0. The zero-order valence-corrected chi connectivity index (χ0v) is 18.5. The molecule has 0 saturated carbocycles.